The number of carbonyl (C=O) groups is 1. The minimum atomic E-state index is -0.343. The molecule has 1 aromatic rings. The van der Waals surface area contributed by atoms with Crippen molar-refractivity contribution in [2.45, 2.75) is 19.1 Å². The van der Waals surface area contributed by atoms with E-state index in [0.29, 0.717) is 13.1 Å². The third-order valence-electron chi connectivity index (χ3n) is 2.48. The maximum atomic E-state index is 11.0. The minimum Gasteiger partial charge on any atom is -0.441 e. The number of carbonyl (C=O) groups excluding carboxylic acids is 1. The first kappa shape index (κ1) is 9.98. The van der Waals surface area contributed by atoms with Gasteiger partial charge < -0.3 is 15.8 Å². The van der Waals surface area contributed by atoms with Gasteiger partial charge in [-0.05, 0) is 11.1 Å². The maximum absolute atomic E-state index is 11.0. The van der Waals surface area contributed by atoms with Crippen molar-refractivity contribution < 1.29 is 9.53 Å². The fraction of sp³-hybridized carbons (Fsp3) is 0.364. The zero-order valence-corrected chi connectivity index (χ0v) is 8.40. The lowest BCUT2D eigenvalue weighted by atomic mass is 10.0. The maximum Gasteiger partial charge on any atom is 0.407 e. The average molecular weight is 206 g/mol. The van der Waals surface area contributed by atoms with E-state index in [9.17, 15) is 4.79 Å². The van der Waals surface area contributed by atoms with Crippen molar-refractivity contribution in [2.24, 2.45) is 5.73 Å². The van der Waals surface area contributed by atoms with Gasteiger partial charge in [-0.25, -0.2) is 4.79 Å². The summed E-state index contributed by atoms with van der Waals surface area (Å²) in [5.41, 5.74) is 7.63. The number of benzene rings is 1. The molecule has 4 nitrogen and oxygen atoms in total. The van der Waals surface area contributed by atoms with Gasteiger partial charge in [-0.15, -0.1) is 0 Å². The van der Waals surface area contributed by atoms with E-state index in [-0.39, 0.29) is 12.2 Å². The Morgan fingerprint density at radius 1 is 1.53 bits per heavy atom. The molecule has 0 spiro atoms. The highest BCUT2D eigenvalue weighted by molar-refractivity contribution is 5.68. The SMILES string of the molecule is NCc1cccc(C2CCNC(=O)O2)c1. The van der Waals surface area contributed by atoms with Gasteiger partial charge >= 0.3 is 6.09 Å². The molecule has 2 rings (SSSR count). The van der Waals surface area contributed by atoms with Gasteiger partial charge in [0, 0.05) is 19.5 Å². The summed E-state index contributed by atoms with van der Waals surface area (Å²) < 4.78 is 5.18. The molecule has 1 unspecified atom stereocenters. The zero-order valence-electron chi connectivity index (χ0n) is 8.40. The van der Waals surface area contributed by atoms with Gasteiger partial charge in [-0.3, -0.25) is 0 Å². The van der Waals surface area contributed by atoms with Crippen molar-refractivity contribution in [2.75, 3.05) is 6.54 Å². The zero-order chi connectivity index (χ0) is 10.7. The predicted octanol–water partition coefficient (Wildman–Crippen LogP) is 1.32. The molecule has 0 radical (unpaired) electrons. The molecule has 1 fully saturated rings. The lowest BCUT2D eigenvalue weighted by molar-refractivity contribution is 0.0738. The van der Waals surface area contributed by atoms with Gasteiger partial charge in [0.2, 0.25) is 0 Å². The summed E-state index contributed by atoms with van der Waals surface area (Å²) in [5, 5.41) is 2.62. The molecular formula is C11H14N2O2. The van der Waals surface area contributed by atoms with Crippen molar-refractivity contribution in [3.05, 3.63) is 35.4 Å². The van der Waals surface area contributed by atoms with Crippen LogP contribution >= 0.6 is 0 Å². The number of rotatable bonds is 2. The van der Waals surface area contributed by atoms with E-state index in [1.807, 2.05) is 24.3 Å². The summed E-state index contributed by atoms with van der Waals surface area (Å²) in [5.74, 6) is 0. The Morgan fingerprint density at radius 3 is 3.13 bits per heavy atom. The summed E-state index contributed by atoms with van der Waals surface area (Å²) >= 11 is 0. The third kappa shape index (κ3) is 2.27. The molecule has 80 valence electrons. The Kier molecular flexibility index (Phi) is 2.87. The Bertz CT molecular complexity index is 365. The number of hydrogen-bond acceptors (Lipinski definition) is 3. The number of nitrogens with one attached hydrogen (secondary N) is 1. The fourth-order valence-electron chi connectivity index (χ4n) is 1.69. The quantitative estimate of drug-likeness (QED) is 0.767. The Balaban J connectivity index is 2.17. The van der Waals surface area contributed by atoms with Crippen LogP contribution in [0.15, 0.2) is 24.3 Å². The molecular weight excluding hydrogens is 192 g/mol. The van der Waals surface area contributed by atoms with Crippen molar-refractivity contribution in [1.29, 1.82) is 0 Å². The minimum absolute atomic E-state index is 0.134. The molecule has 4 heteroatoms. The second-order valence-corrected chi connectivity index (χ2v) is 3.56. The van der Waals surface area contributed by atoms with Crippen LogP contribution in [-0.2, 0) is 11.3 Å². The molecule has 3 N–H and O–H groups in total. The summed E-state index contributed by atoms with van der Waals surface area (Å²) in [6.45, 7) is 1.17. The van der Waals surface area contributed by atoms with E-state index >= 15 is 0 Å². The van der Waals surface area contributed by atoms with Crippen LogP contribution < -0.4 is 11.1 Å². The highest BCUT2D eigenvalue weighted by Gasteiger charge is 2.21. The molecule has 1 aromatic carbocycles. The number of hydrogen-bond donors (Lipinski definition) is 2. The normalized spacial score (nSPS) is 20.6. The number of amides is 1. The van der Waals surface area contributed by atoms with E-state index in [1.165, 1.54) is 0 Å². The van der Waals surface area contributed by atoms with Gasteiger partial charge in [0.15, 0.2) is 0 Å². The first-order valence-corrected chi connectivity index (χ1v) is 5.03. The monoisotopic (exact) mass is 206 g/mol. The molecule has 1 atom stereocenters. The van der Waals surface area contributed by atoms with Gasteiger partial charge in [0.1, 0.15) is 6.10 Å². The van der Waals surface area contributed by atoms with Crippen LogP contribution in [0, 0.1) is 0 Å². The van der Waals surface area contributed by atoms with Gasteiger partial charge in [0.05, 0.1) is 0 Å². The standard InChI is InChI=1S/C11H14N2O2/c12-7-8-2-1-3-9(6-8)10-4-5-13-11(14)15-10/h1-3,6,10H,4-5,7,12H2,(H,13,14). The molecule has 1 aliphatic heterocycles. The van der Waals surface area contributed by atoms with E-state index in [2.05, 4.69) is 5.32 Å². The second-order valence-electron chi connectivity index (χ2n) is 3.56. The van der Waals surface area contributed by atoms with E-state index in [4.69, 9.17) is 10.5 Å². The number of nitrogens with two attached hydrogens (primary N) is 1. The predicted molar refractivity (Wildman–Crippen MR) is 56.2 cm³/mol. The fourth-order valence-corrected chi connectivity index (χ4v) is 1.69. The van der Waals surface area contributed by atoms with Crippen LogP contribution in [0.5, 0.6) is 0 Å². The Labute approximate surface area is 88.4 Å². The summed E-state index contributed by atoms with van der Waals surface area (Å²) in [6.07, 6.45) is 0.328. The van der Waals surface area contributed by atoms with E-state index < -0.39 is 0 Å². The lowest BCUT2D eigenvalue weighted by Crippen LogP contribution is -2.33. The van der Waals surface area contributed by atoms with Crippen molar-refractivity contribution in [3.8, 4) is 0 Å². The van der Waals surface area contributed by atoms with Gasteiger partial charge in [0.25, 0.3) is 0 Å². The number of alkyl carbamates (subject to hydrolysis) is 1. The van der Waals surface area contributed by atoms with Crippen LogP contribution in [0.25, 0.3) is 0 Å². The largest absolute Gasteiger partial charge is 0.441 e. The first-order chi connectivity index (χ1) is 7.29. The van der Waals surface area contributed by atoms with Crippen molar-refractivity contribution in [1.82, 2.24) is 5.32 Å². The topological polar surface area (TPSA) is 64.3 Å². The first-order valence-electron chi connectivity index (χ1n) is 5.03. The van der Waals surface area contributed by atoms with Crippen LogP contribution in [-0.4, -0.2) is 12.6 Å². The smallest absolute Gasteiger partial charge is 0.407 e. The second kappa shape index (κ2) is 4.31. The summed E-state index contributed by atoms with van der Waals surface area (Å²) in [6, 6.07) is 7.85. The van der Waals surface area contributed by atoms with Gasteiger partial charge in [-0.1, -0.05) is 24.3 Å². The molecule has 0 saturated carbocycles. The molecule has 1 aliphatic rings. The third-order valence-corrected chi connectivity index (χ3v) is 2.48. The lowest BCUT2D eigenvalue weighted by Gasteiger charge is -2.23. The molecule has 0 aromatic heterocycles. The van der Waals surface area contributed by atoms with Crippen LogP contribution in [0.4, 0.5) is 4.79 Å². The molecule has 15 heavy (non-hydrogen) atoms. The van der Waals surface area contributed by atoms with E-state index in [1.54, 1.807) is 0 Å². The Hall–Kier alpha value is -1.55. The highest BCUT2D eigenvalue weighted by atomic mass is 16.6. The summed E-state index contributed by atoms with van der Waals surface area (Å²) in [4.78, 5) is 11.0. The molecule has 1 amide bonds. The van der Waals surface area contributed by atoms with Crippen LogP contribution in [0.2, 0.25) is 0 Å². The number of cyclic esters (lactones) is 1. The molecule has 1 heterocycles. The van der Waals surface area contributed by atoms with Crippen molar-refractivity contribution >= 4 is 6.09 Å². The Morgan fingerprint density at radius 2 is 2.40 bits per heavy atom. The van der Waals surface area contributed by atoms with Gasteiger partial charge in [-0.2, -0.15) is 0 Å². The van der Waals surface area contributed by atoms with Crippen LogP contribution in [0.3, 0.4) is 0 Å². The number of ether oxygens (including phenoxy) is 1. The summed E-state index contributed by atoms with van der Waals surface area (Å²) in [7, 11) is 0. The molecule has 0 aliphatic carbocycles. The molecule has 1 saturated heterocycles. The van der Waals surface area contributed by atoms with Crippen molar-refractivity contribution in [3.63, 3.8) is 0 Å². The highest BCUT2D eigenvalue weighted by Crippen LogP contribution is 2.23. The van der Waals surface area contributed by atoms with Crippen LogP contribution in [0.1, 0.15) is 23.7 Å². The molecule has 0 bridgehead atoms. The average Bonchev–Trinajstić information content (AvgIpc) is 2.29. The van der Waals surface area contributed by atoms with E-state index in [0.717, 1.165) is 17.5 Å².